The van der Waals surface area contributed by atoms with Crippen LogP contribution in [0.2, 0.25) is 0 Å². The van der Waals surface area contributed by atoms with Crippen molar-refractivity contribution < 1.29 is 9.53 Å². The van der Waals surface area contributed by atoms with Crippen molar-refractivity contribution in [1.29, 1.82) is 5.26 Å². The molecule has 0 aliphatic heterocycles. The summed E-state index contributed by atoms with van der Waals surface area (Å²) in [5, 5.41) is 8.71. The summed E-state index contributed by atoms with van der Waals surface area (Å²) in [5.74, 6) is 0. The number of hydrogen-bond donors (Lipinski definition) is 1. The minimum Gasteiger partial charge on any atom is -0.431 e. The number of primary amides is 1. The number of rotatable bonds is 3. The maximum Gasteiger partial charge on any atom is 0.405 e. The van der Waals surface area contributed by atoms with Gasteiger partial charge in [-0.25, -0.2) is 4.79 Å². The molecule has 5 heteroatoms. The van der Waals surface area contributed by atoms with E-state index < -0.39 is 12.2 Å². The van der Waals surface area contributed by atoms with E-state index in [-0.39, 0.29) is 0 Å². The van der Waals surface area contributed by atoms with Gasteiger partial charge in [0, 0.05) is 9.99 Å². The second-order valence-electron chi connectivity index (χ2n) is 2.89. The van der Waals surface area contributed by atoms with Crippen LogP contribution in [0, 0.1) is 14.9 Å². The van der Waals surface area contributed by atoms with Gasteiger partial charge in [-0.3, -0.25) is 0 Å². The monoisotopic (exact) mass is 316 g/mol. The third-order valence-electron chi connectivity index (χ3n) is 1.74. The van der Waals surface area contributed by atoms with Gasteiger partial charge in [0.15, 0.2) is 6.10 Å². The Hall–Kier alpha value is -1.29. The Morgan fingerprint density at radius 1 is 1.53 bits per heavy atom. The molecule has 1 aromatic carbocycles. The molecular formula is C10H9IN2O2. The number of ether oxygens (including phenoxy) is 1. The average molecular weight is 316 g/mol. The maximum atomic E-state index is 10.5. The molecule has 0 radical (unpaired) electrons. The van der Waals surface area contributed by atoms with Crippen LogP contribution in [-0.4, -0.2) is 12.2 Å². The van der Waals surface area contributed by atoms with Crippen molar-refractivity contribution in [2.75, 3.05) is 0 Å². The minimum atomic E-state index is -0.924. The fourth-order valence-electron chi connectivity index (χ4n) is 1.09. The van der Waals surface area contributed by atoms with Crippen molar-refractivity contribution >= 4 is 28.7 Å². The number of benzene rings is 1. The highest BCUT2D eigenvalue weighted by Gasteiger charge is 2.11. The third kappa shape index (κ3) is 4.16. The van der Waals surface area contributed by atoms with Crippen molar-refractivity contribution in [3.05, 3.63) is 33.4 Å². The standard InChI is InChI=1S/C10H9IN2O2/c11-8-3-1-7(2-4-8)5-9(6-12)15-10(13)14/h1-4,9H,5H2,(H2,13,14). The van der Waals surface area contributed by atoms with Gasteiger partial charge in [0.1, 0.15) is 6.07 Å². The van der Waals surface area contributed by atoms with Crippen LogP contribution in [0.1, 0.15) is 5.56 Å². The minimum absolute atomic E-state index is 0.358. The molecule has 0 aliphatic carbocycles. The number of nitrogens with zero attached hydrogens (tertiary/aromatic N) is 1. The first-order chi connectivity index (χ1) is 7.11. The zero-order valence-corrected chi connectivity index (χ0v) is 9.97. The van der Waals surface area contributed by atoms with Crippen LogP contribution < -0.4 is 5.73 Å². The second-order valence-corrected chi connectivity index (χ2v) is 4.13. The third-order valence-corrected chi connectivity index (χ3v) is 2.46. The first-order valence-corrected chi connectivity index (χ1v) is 5.30. The van der Waals surface area contributed by atoms with Gasteiger partial charge in [-0.15, -0.1) is 0 Å². The Labute approximate surface area is 101 Å². The number of carbonyl (C=O) groups excluding carboxylic acids is 1. The highest BCUT2D eigenvalue weighted by atomic mass is 127. The van der Waals surface area contributed by atoms with Crippen LogP contribution in [0.3, 0.4) is 0 Å². The van der Waals surface area contributed by atoms with Crippen molar-refractivity contribution in [1.82, 2.24) is 0 Å². The summed E-state index contributed by atoms with van der Waals surface area (Å²) in [6.45, 7) is 0. The number of nitriles is 1. The second kappa shape index (κ2) is 5.56. The summed E-state index contributed by atoms with van der Waals surface area (Å²) in [7, 11) is 0. The molecule has 1 unspecified atom stereocenters. The van der Waals surface area contributed by atoms with Crippen LogP contribution in [-0.2, 0) is 11.2 Å². The SMILES string of the molecule is N#CC(Cc1ccc(I)cc1)OC(N)=O. The lowest BCUT2D eigenvalue weighted by molar-refractivity contribution is 0.132. The predicted molar refractivity (Wildman–Crippen MR) is 62.9 cm³/mol. The van der Waals surface area contributed by atoms with Gasteiger partial charge in [0.25, 0.3) is 0 Å². The normalized spacial score (nSPS) is 11.5. The lowest BCUT2D eigenvalue weighted by Gasteiger charge is -2.08. The summed E-state index contributed by atoms with van der Waals surface area (Å²) in [5.41, 5.74) is 5.77. The van der Waals surface area contributed by atoms with Crippen molar-refractivity contribution in [2.45, 2.75) is 12.5 Å². The molecule has 0 aliphatic rings. The maximum absolute atomic E-state index is 10.5. The molecule has 0 bridgehead atoms. The molecule has 1 atom stereocenters. The number of halogens is 1. The largest absolute Gasteiger partial charge is 0.431 e. The molecule has 0 spiro atoms. The topological polar surface area (TPSA) is 76.1 Å². The first-order valence-electron chi connectivity index (χ1n) is 4.22. The van der Waals surface area contributed by atoms with E-state index in [1.54, 1.807) is 0 Å². The zero-order valence-electron chi connectivity index (χ0n) is 7.81. The van der Waals surface area contributed by atoms with E-state index in [9.17, 15) is 4.79 Å². The Bertz CT molecular complexity index is 383. The first kappa shape index (κ1) is 11.8. The van der Waals surface area contributed by atoms with Gasteiger partial charge in [-0.2, -0.15) is 5.26 Å². The van der Waals surface area contributed by atoms with Crippen molar-refractivity contribution in [3.63, 3.8) is 0 Å². The summed E-state index contributed by atoms with van der Waals surface area (Å²) in [4.78, 5) is 10.5. The molecule has 0 saturated carbocycles. The van der Waals surface area contributed by atoms with Crippen molar-refractivity contribution in [2.24, 2.45) is 5.73 Å². The Morgan fingerprint density at radius 3 is 2.60 bits per heavy atom. The Kier molecular flexibility index (Phi) is 4.37. The van der Waals surface area contributed by atoms with Gasteiger partial charge in [0.05, 0.1) is 0 Å². The van der Waals surface area contributed by atoms with E-state index in [1.807, 2.05) is 30.3 Å². The fraction of sp³-hybridized carbons (Fsp3) is 0.200. The van der Waals surface area contributed by atoms with Gasteiger partial charge in [0.2, 0.25) is 0 Å². The summed E-state index contributed by atoms with van der Waals surface area (Å²) in [6.07, 6.45) is -1.38. The Morgan fingerprint density at radius 2 is 2.13 bits per heavy atom. The van der Waals surface area contributed by atoms with Crippen LogP contribution in [0.15, 0.2) is 24.3 Å². The summed E-state index contributed by atoms with van der Waals surface area (Å²) >= 11 is 2.19. The van der Waals surface area contributed by atoms with Gasteiger partial charge in [-0.05, 0) is 40.3 Å². The number of carbonyl (C=O) groups is 1. The van der Waals surface area contributed by atoms with E-state index in [2.05, 4.69) is 27.3 Å². The molecule has 0 saturated heterocycles. The van der Waals surface area contributed by atoms with E-state index in [1.165, 1.54) is 0 Å². The molecule has 78 valence electrons. The number of hydrogen-bond acceptors (Lipinski definition) is 3. The molecule has 0 aromatic heterocycles. The average Bonchev–Trinajstić information content (AvgIpc) is 2.19. The molecule has 0 heterocycles. The van der Waals surface area contributed by atoms with E-state index in [4.69, 9.17) is 11.0 Å². The highest BCUT2D eigenvalue weighted by molar-refractivity contribution is 14.1. The van der Waals surface area contributed by atoms with Gasteiger partial charge < -0.3 is 10.5 Å². The Balaban J connectivity index is 2.63. The van der Waals surface area contributed by atoms with E-state index in [0.29, 0.717) is 6.42 Å². The lowest BCUT2D eigenvalue weighted by atomic mass is 10.1. The predicted octanol–water partition coefficient (Wildman–Crippen LogP) is 1.82. The molecule has 4 nitrogen and oxygen atoms in total. The number of nitrogens with two attached hydrogens (primary N) is 1. The molecule has 1 amide bonds. The highest BCUT2D eigenvalue weighted by Crippen LogP contribution is 2.09. The zero-order chi connectivity index (χ0) is 11.3. The van der Waals surface area contributed by atoms with Crippen LogP contribution in [0.5, 0.6) is 0 Å². The van der Waals surface area contributed by atoms with Crippen LogP contribution in [0.4, 0.5) is 4.79 Å². The number of amides is 1. The smallest absolute Gasteiger partial charge is 0.405 e. The quantitative estimate of drug-likeness (QED) is 0.864. The van der Waals surface area contributed by atoms with Gasteiger partial charge in [-0.1, -0.05) is 12.1 Å². The van der Waals surface area contributed by atoms with Crippen LogP contribution >= 0.6 is 22.6 Å². The molecule has 2 N–H and O–H groups in total. The van der Waals surface area contributed by atoms with Crippen molar-refractivity contribution in [3.8, 4) is 6.07 Å². The summed E-state index contributed by atoms with van der Waals surface area (Å²) < 4.78 is 5.72. The fourth-order valence-corrected chi connectivity index (χ4v) is 1.45. The van der Waals surface area contributed by atoms with Gasteiger partial charge >= 0.3 is 6.09 Å². The summed E-state index contributed by atoms with van der Waals surface area (Å²) in [6, 6.07) is 9.49. The molecule has 15 heavy (non-hydrogen) atoms. The van der Waals surface area contributed by atoms with E-state index in [0.717, 1.165) is 9.13 Å². The molecule has 0 fully saturated rings. The molecule has 1 aromatic rings. The van der Waals surface area contributed by atoms with E-state index >= 15 is 0 Å². The molecular weight excluding hydrogens is 307 g/mol. The van der Waals surface area contributed by atoms with Crippen LogP contribution in [0.25, 0.3) is 0 Å². The molecule has 1 rings (SSSR count). The lowest BCUT2D eigenvalue weighted by Crippen LogP contribution is -2.23.